The molecule has 1 aliphatic rings. The lowest BCUT2D eigenvalue weighted by atomic mass is 9.90. The van der Waals surface area contributed by atoms with Crippen molar-refractivity contribution in [1.82, 2.24) is 4.90 Å². The van der Waals surface area contributed by atoms with Gasteiger partial charge in [-0.05, 0) is 24.7 Å². The van der Waals surface area contributed by atoms with E-state index in [9.17, 15) is 9.90 Å². The molecule has 0 saturated carbocycles. The summed E-state index contributed by atoms with van der Waals surface area (Å²) in [7, 11) is 0. The smallest absolute Gasteiger partial charge is 0.222 e. The third-order valence-electron chi connectivity index (χ3n) is 2.84. The predicted molar refractivity (Wildman–Crippen MR) is 60.5 cm³/mol. The molecule has 1 saturated heterocycles. The van der Waals surface area contributed by atoms with Crippen LogP contribution >= 0.6 is 0 Å². The summed E-state index contributed by atoms with van der Waals surface area (Å²) in [5.74, 6) is 0.198. The quantitative estimate of drug-likeness (QED) is 0.760. The monoisotopic (exact) mass is 213 g/mol. The second-order valence-corrected chi connectivity index (χ2v) is 5.70. The molecule has 1 aliphatic heterocycles. The zero-order chi connectivity index (χ0) is 11.5. The Morgan fingerprint density at radius 2 is 2.13 bits per heavy atom. The van der Waals surface area contributed by atoms with E-state index in [0.29, 0.717) is 13.0 Å². The van der Waals surface area contributed by atoms with Crippen molar-refractivity contribution in [3.63, 3.8) is 0 Å². The van der Waals surface area contributed by atoms with Gasteiger partial charge in [-0.25, -0.2) is 0 Å². The Morgan fingerprint density at radius 1 is 1.47 bits per heavy atom. The summed E-state index contributed by atoms with van der Waals surface area (Å²) in [5.41, 5.74) is 0.212. The highest BCUT2D eigenvalue weighted by Gasteiger charge is 2.23. The van der Waals surface area contributed by atoms with Crippen LogP contribution in [-0.2, 0) is 4.79 Å². The maximum Gasteiger partial charge on any atom is 0.222 e. The summed E-state index contributed by atoms with van der Waals surface area (Å²) < 4.78 is 0. The number of carbonyl (C=O) groups is 1. The van der Waals surface area contributed by atoms with Crippen molar-refractivity contribution < 1.29 is 9.90 Å². The van der Waals surface area contributed by atoms with Crippen LogP contribution in [0.1, 0.15) is 46.5 Å². The number of aliphatic hydroxyl groups is 1. The standard InChI is InChI=1S/C12H23NO2/c1-12(2,3)7-6-11(15)13-8-4-5-10(14)9-13/h10,14H,4-9H2,1-3H3. The van der Waals surface area contributed by atoms with Crippen LogP contribution in [0.4, 0.5) is 0 Å². The average Bonchev–Trinajstić information content (AvgIpc) is 2.13. The van der Waals surface area contributed by atoms with Crippen molar-refractivity contribution in [2.45, 2.75) is 52.6 Å². The van der Waals surface area contributed by atoms with E-state index >= 15 is 0 Å². The minimum atomic E-state index is -0.308. The van der Waals surface area contributed by atoms with Gasteiger partial charge < -0.3 is 10.0 Å². The number of β-amino-alcohol motifs (C(OH)–C–C–N with tert-alkyl or cyclic N) is 1. The molecule has 1 amide bonds. The van der Waals surface area contributed by atoms with Gasteiger partial charge in [-0.15, -0.1) is 0 Å². The van der Waals surface area contributed by atoms with Crippen LogP contribution in [0.5, 0.6) is 0 Å². The first-order valence-corrected chi connectivity index (χ1v) is 5.84. The van der Waals surface area contributed by atoms with Crippen molar-refractivity contribution in [2.75, 3.05) is 13.1 Å². The number of likely N-dealkylation sites (tertiary alicyclic amines) is 1. The Morgan fingerprint density at radius 3 is 2.67 bits per heavy atom. The van der Waals surface area contributed by atoms with E-state index < -0.39 is 0 Å². The van der Waals surface area contributed by atoms with Crippen LogP contribution in [0.15, 0.2) is 0 Å². The summed E-state index contributed by atoms with van der Waals surface area (Å²) in [6, 6.07) is 0. The highest BCUT2D eigenvalue weighted by Crippen LogP contribution is 2.22. The van der Waals surface area contributed by atoms with Gasteiger partial charge in [0.25, 0.3) is 0 Å². The van der Waals surface area contributed by atoms with Crippen LogP contribution in [0.2, 0.25) is 0 Å². The first-order chi connectivity index (χ1) is 6.88. The van der Waals surface area contributed by atoms with E-state index in [1.54, 1.807) is 4.90 Å². The molecule has 1 N–H and O–H groups in total. The number of rotatable bonds is 2. The van der Waals surface area contributed by atoms with Gasteiger partial charge in [0.15, 0.2) is 0 Å². The Hall–Kier alpha value is -0.570. The summed E-state index contributed by atoms with van der Waals surface area (Å²) >= 11 is 0. The third-order valence-corrected chi connectivity index (χ3v) is 2.84. The summed E-state index contributed by atoms with van der Waals surface area (Å²) in [6.07, 6.45) is 2.98. The Labute approximate surface area is 92.5 Å². The fraction of sp³-hybridized carbons (Fsp3) is 0.917. The van der Waals surface area contributed by atoms with Gasteiger partial charge in [0.05, 0.1) is 6.10 Å². The minimum Gasteiger partial charge on any atom is -0.391 e. The lowest BCUT2D eigenvalue weighted by Crippen LogP contribution is -2.42. The van der Waals surface area contributed by atoms with Gasteiger partial charge in [-0.2, -0.15) is 0 Å². The van der Waals surface area contributed by atoms with Gasteiger partial charge in [0.1, 0.15) is 0 Å². The molecule has 88 valence electrons. The number of hydrogen-bond donors (Lipinski definition) is 1. The molecule has 1 heterocycles. The van der Waals surface area contributed by atoms with Crippen LogP contribution in [0.25, 0.3) is 0 Å². The molecule has 1 fully saturated rings. The number of hydrogen-bond acceptors (Lipinski definition) is 2. The Balaban J connectivity index is 2.33. The van der Waals surface area contributed by atoms with Crippen LogP contribution < -0.4 is 0 Å². The molecule has 0 aromatic rings. The largest absolute Gasteiger partial charge is 0.391 e. The molecule has 1 atom stereocenters. The number of nitrogens with zero attached hydrogens (tertiary/aromatic N) is 1. The van der Waals surface area contributed by atoms with Gasteiger partial charge in [0, 0.05) is 19.5 Å². The Kier molecular flexibility index (Phi) is 4.14. The lowest BCUT2D eigenvalue weighted by Gasteiger charge is -2.31. The van der Waals surface area contributed by atoms with Gasteiger partial charge in [-0.1, -0.05) is 20.8 Å². The van der Waals surface area contributed by atoms with Crippen molar-refractivity contribution in [3.8, 4) is 0 Å². The second kappa shape index (κ2) is 4.97. The van der Waals surface area contributed by atoms with E-state index in [-0.39, 0.29) is 17.4 Å². The highest BCUT2D eigenvalue weighted by atomic mass is 16.3. The first-order valence-electron chi connectivity index (χ1n) is 5.84. The molecule has 0 aromatic carbocycles. The molecular formula is C12H23NO2. The van der Waals surface area contributed by atoms with Crippen molar-refractivity contribution in [2.24, 2.45) is 5.41 Å². The third kappa shape index (κ3) is 4.65. The number of amides is 1. The van der Waals surface area contributed by atoms with E-state index in [1.807, 2.05) is 0 Å². The minimum absolute atomic E-state index is 0.198. The second-order valence-electron chi connectivity index (χ2n) is 5.70. The van der Waals surface area contributed by atoms with E-state index in [2.05, 4.69) is 20.8 Å². The average molecular weight is 213 g/mol. The van der Waals surface area contributed by atoms with Crippen molar-refractivity contribution in [1.29, 1.82) is 0 Å². The lowest BCUT2D eigenvalue weighted by molar-refractivity contribution is -0.134. The number of piperidine rings is 1. The van der Waals surface area contributed by atoms with Gasteiger partial charge >= 0.3 is 0 Å². The van der Waals surface area contributed by atoms with E-state index in [1.165, 1.54) is 0 Å². The molecule has 3 heteroatoms. The van der Waals surface area contributed by atoms with Crippen LogP contribution in [-0.4, -0.2) is 35.1 Å². The topological polar surface area (TPSA) is 40.5 Å². The summed E-state index contributed by atoms with van der Waals surface area (Å²) in [6.45, 7) is 7.78. The normalized spacial score (nSPS) is 22.9. The molecule has 3 nitrogen and oxygen atoms in total. The van der Waals surface area contributed by atoms with Gasteiger partial charge in [-0.3, -0.25) is 4.79 Å². The maximum absolute atomic E-state index is 11.8. The zero-order valence-corrected chi connectivity index (χ0v) is 10.1. The van der Waals surface area contributed by atoms with Crippen molar-refractivity contribution >= 4 is 5.91 Å². The molecule has 0 aromatic heterocycles. The first kappa shape index (κ1) is 12.5. The zero-order valence-electron chi connectivity index (χ0n) is 10.1. The molecule has 15 heavy (non-hydrogen) atoms. The molecular weight excluding hydrogens is 190 g/mol. The fourth-order valence-electron chi connectivity index (χ4n) is 1.82. The number of carbonyl (C=O) groups excluding carboxylic acids is 1. The van der Waals surface area contributed by atoms with E-state index in [4.69, 9.17) is 0 Å². The predicted octanol–water partition coefficient (Wildman–Crippen LogP) is 1.80. The maximum atomic E-state index is 11.8. The SMILES string of the molecule is CC(C)(C)CCC(=O)N1CCCC(O)C1. The highest BCUT2D eigenvalue weighted by molar-refractivity contribution is 5.76. The molecule has 0 bridgehead atoms. The van der Waals surface area contributed by atoms with Crippen LogP contribution in [0.3, 0.4) is 0 Å². The van der Waals surface area contributed by atoms with E-state index in [0.717, 1.165) is 25.8 Å². The number of aliphatic hydroxyl groups excluding tert-OH is 1. The summed E-state index contributed by atoms with van der Waals surface area (Å²) in [5, 5.41) is 9.46. The molecule has 0 radical (unpaired) electrons. The van der Waals surface area contributed by atoms with Gasteiger partial charge in [0.2, 0.25) is 5.91 Å². The molecule has 1 rings (SSSR count). The summed E-state index contributed by atoms with van der Waals surface area (Å²) in [4.78, 5) is 13.6. The molecule has 1 unspecified atom stereocenters. The van der Waals surface area contributed by atoms with Crippen LogP contribution in [0, 0.1) is 5.41 Å². The Bertz CT molecular complexity index is 220. The molecule has 0 spiro atoms. The fourth-order valence-corrected chi connectivity index (χ4v) is 1.82. The molecule has 0 aliphatic carbocycles. The van der Waals surface area contributed by atoms with Crippen molar-refractivity contribution in [3.05, 3.63) is 0 Å².